The number of hydrogen-bond donors (Lipinski definition) is 1. The van der Waals surface area contributed by atoms with Crippen LogP contribution >= 0.6 is 15.9 Å². The highest BCUT2D eigenvalue weighted by Gasteiger charge is 2.12. The van der Waals surface area contributed by atoms with E-state index in [4.69, 9.17) is 0 Å². The summed E-state index contributed by atoms with van der Waals surface area (Å²) in [7, 11) is 0. The smallest absolute Gasteiger partial charge is 0.273 e. The summed E-state index contributed by atoms with van der Waals surface area (Å²) in [5.74, 6) is 0. The fourth-order valence-corrected chi connectivity index (χ4v) is 1.81. The number of hydrogen-bond acceptors (Lipinski definition) is 3. The Kier molecular flexibility index (Phi) is 5.42. The van der Waals surface area contributed by atoms with Crippen molar-refractivity contribution < 1.29 is 4.92 Å². The summed E-state index contributed by atoms with van der Waals surface area (Å²) in [5.41, 5.74) is 0.891. The molecule has 0 aliphatic carbocycles. The maximum absolute atomic E-state index is 10.8. The van der Waals surface area contributed by atoms with E-state index in [2.05, 4.69) is 28.2 Å². The molecule has 0 atom stereocenters. The summed E-state index contributed by atoms with van der Waals surface area (Å²) in [5, 5.41) is 14.0. The first-order chi connectivity index (χ1) is 7.65. The minimum Gasteiger partial charge on any atom is -0.312 e. The van der Waals surface area contributed by atoms with E-state index >= 15 is 0 Å². The molecule has 0 aliphatic heterocycles. The van der Waals surface area contributed by atoms with Crippen molar-refractivity contribution in [2.75, 3.05) is 6.54 Å². The molecule has 0 spiro atoms. The second kappa shape index (κ2) is 6.60. The Morgan fingerprint density at radius 3 is 2.88 bits per heavy atom. The van der Waals surface area contributed by atoms with Crippen LogP contribution in [0.4, 0.5) is 5.69 Å². The SMILES string of the molecule is CCCCNCc1cc(Br)ccc1[N+](=O)[O-]. The molecule has 0 aromatic heterocycles. The zero-order chi connectivity index (χ0) is 12.0. The number of unbranched alkanes of at least 4 members (excludes halogenated alkanes) is 1. The number of nitro benzene ring substituents is 1. The van der Waals surface area contributed by atoms with Crippen molar-refractivity contribution in [2.24, 2.45) is 0 Å². The van der Waals surface area contributed by atoms with E-state index in [0.29, 0.717) is 6.54 Å². The standard InChI is InChI=1S/C11H15BrN2O2/c1-2-3-6-13-8-9-7-10(12)4-5-11(9)14(15)16/h4-5,7,13H,2-3,6,8H2,1H3. The average molecular weight is 287 g/mol. The van der Waals surface area contributed by atoms with Gasteiger partial charge in [-0.05, 0) is 25.1 Å². The first-order valence-electron chi connectivity index (χ1n) is 5.28. The number of nitrogens with one attached hydrogen (secondary N) is 1. The predicted molar refractivity (Wildman–Crippen MR) is 67.4 cm³/mol. The summed E-state index contributed by atoms with van der Waals surface area (Å²) in [6.07, 6.45) is 2.20. The van der Waals surface area contributed by atoms with Crippen LogP contribution in [0.1, 0.15) is 25.3 Å². The third-order valence-electron chi connectivity index (χ3n) is 2.26. The monoisotopic (exact) mass is 286 g/mol. The number of benzene rings is 1. The van der Waals surface area contributed by atoms with Crippen molar-refractivity contribution in [3.8, 4) is 0 Å². The van der Waals surface area contributed by atoms with E-state index in [1.165, 1.54) is 6.07 Å². The molecule has 0 heterocycles. The van der Waals surface area contributed by atoms with Gasteiger partial charge in [-0.25, -0.2) is 0 Å². The molecule has 0 radical (unpaired) electrons. The van der Waals surface area contributed by atoms with Gasteiger partial charge in [0.05, 0.1) is 4.92 Å². The van der Waals surface area contributed by atoms with E-state index in [9.17, 15) is 10.1 Å². The molecule has 0 saturated carbocycles. The molecule has 5 heteroatoms. The Morgan fingerprint density at radius 2 is 2.25 bits per heavy atom. The lowest BCUT2D eigenvalue weighted by atomic mass is 10.2. The van der Waals surface area contributed by atoms with Crippen molar-refractivity contribution in [3.63, 3.8) is 0 Å². The second-order valence-corrected chi connectivity index (χ2v) is 4.48. The zero-order valence-corrected chi connectivity index (χ0v) is 10.8. The van der Waals surface area contributed by atoms with Crippen LogP contribution in [0.5, 0.6) is 0 Å². The summed E-state index contributed by atoms with van der Waals surface area (Å²) in [6, 6.07) is 5.01. The van der Waals surface area contributed by atoms with Crippen molar-refractivity contribution in [1.82, 2.24) is 5.32 Å². The van der Waals surface area contributed by atoms with Crippen LogP contribution in [0.2, 0.25) is 0 Å². The van der Waals surface area contributed by atoms with Crippen LogP contribution in [0, 0.1) is 10.1 Å². The lowest BCUT2D eigenvalue weighted by Crippen LogP contribution is -2.15. The normalized spacial score (nSPS) is 10.4. The lowest BCUT2D eigenvalue weighted by Gasteiger charge is -2.05. The van der Waals surface area contributed by atoms with Gasteiger partial charge in [0.1, 0.15) is 0 Å². The number of nitrogens with zero attached hydrogens (tertiary/aromatic N) is 1. The van der Waals surface area contributed by atoms with Crippen LogP contribution in [-0.4, -0.2) is 11.5 Å². The topological polar surface area (TPSA) is 55.2 Å². The fourth-order valence-electron chi connectivity index (χ4n) is 1.40. The highest BCUT2D eigenvalue weighted by molar-refractivity contribution is 9.10. The lowest BCUT2D eigenvalue weighted by molar-refractivity contribution is -0.385. The van der Waals surface area contributed by atoms with Gasteiger partial charge in [0.15, 0.2) is 0 Å². The van der Waals surface area contributed by atoms with Gasteiger partial charge < -0.3 is 5.32 Å². The van der Waals surface area contributed by atoms with Crippen LogP contribution < -0.4 is 5.32 Å². The van der Waals surface area contributed by atoms with Crippen molar-refractivity contribution in [1.29, 1.82) is 0 Å². The summed E-state index contributed by atoms with van der Waals surface area (Å²) < 4.78 is 0.866. The molecule has 0 amide bonds. The van der Waals surface area contributed by atoms with Crippen LogP contribution in [0.25, 0.3) is 0 Å². The van der Waals surface area contributed by atoms with Gasteiger partial charge >= 0.3 is 0 Å². The molecule has 0 bridgehead atoms. The van der Waals surface area contributed by atoms with Gasteiger partial charge in [0, 0.05) is 22.6 Å². The van der Waals surface area contributed by atoms with Crippen molar-refractivity contribution in [2.45, 2.75) is 26.3 Å². The van der Waals surface area contributed by atoms with Crippen molar-refractivity contribution >= 4 is 21.6 Å². The highest BCUT2D eigenvalue weighted by Crippen LogP contribution is 2.22. The maximum Gasteiger partial charge on any atom is 0.273 e. The summed E-state index contributed by atoms with van der Waals surface area (Å²) in [4.78, 5) is 10.4. The minimum atomic E-state index is -0.344. The Hall–Kier alpha value is -0.940. The van der Waals surface area contributed by atoms with Gasteiger partial charge in [-0.1, -0.05) is 29.3 Å². The quantitative estimate of drug-likeness (QED) is 0.496. The third kappa shape index (κ3) is 3.90. The molecular formula is C11H15BrN2O2. The molecule has 1 aromatic rings. The molecule has 0 fully saturated rings. The summed E-state index contributed by atoms with van der Waals surface area (Å²) >= 11 is 3.32. The number of halogens is 1. The van der Waals surface area contributed by atoms with E-state index in [1.807, 2.05) is 0 Å². The van der Waals surface area contributed by atoms with Crippen LogP contribution in [-0.2, 0) is 6.54 Å². The minimum absolute atomic E-state index is 0.173. The molecule has 0 saturated heterocycles. The van der Waals surface area contributed by atoms with Gasteiger partial charge in [-0.15, -0.1) is 0 Å². The van der Waals surface area contributed by atoms with E-state index in [1.54, 1.807) is 12.1 Å². The highest BCUT2D eigenvalue weighted by atomic mass is 79.9. The number of rotatable bonds is 6. The number of nitro groups is 1. The van der Waals surface area contributed by atoms with Gasteiger partial charge in [0.2, 0.25) is 0 Å². The third-order valence-corrected chi connectivity index (χ3v) is 2.75. The maximum atomic E-state index is 10.8. The first kappa shape index (κ1) is 13.1. The predicted octanol–water partition coefficient (Wildman–Crippen LogP) is 3.25. The zero-order valence-electron chi connectivity index (χ0n) is 9.20. The Balaban J connectivity index is 2.68. The van der Waals surface area contributed by atoms with Gasteiger partial charge in [-0.2, -0.15) is 0 Å². The van der Waals surface area contributed by atoms with Gasteiger partial charge in [0.25, 0.3) is 5.69 Å². The fraction of sp³-hybridized carbons (Fsp3) is 0.455. The molecule has 88 valence electrons. The molecule has 1 aromatic carbocycles. The Bertz CT molecular complexity index is 369. The van der Waals surface area contributed by atoms with Crippen LogP contribution in [0.15, 0.2) is 22.7 Å². The first-order valence-corrected chi connectivity index (χ1v) is 6.08. The second-order valence-electron chi connectivity index (χ2n) is 3.56. The van der Waals surface area contributed by atoms with E-state index < -0.39 is 0 Å². The molecule has 1 N–H and O–H groups in total. The largest absolute Gasteiger partial charge is 0.312 e. The van der Waals surface area contributed by atoms with Crippen molar-refractivity contribution in [3.05, 3.63) is 38.3 Å². The molecule has 4 nitrogen and oxygen atoms in total. The molecule has 16 heavy (non-hydrogen) atoms. The Labute approximate surface area is 103 Å². The summed E-state index contributed by atoms with van der Waals surface area (Å²) in [6.45, 7) is 3.54. The molecule has 0 aliphatic rings. The van der Waals surface area contributed by atoms with Gasteiger partial charge in [-0.3, -0.25) is 10.1 Å². The Morgan fingerprint density at radius 1 is 1.50 bits per heavy atom. The average Bonchev–Trinajstić information content (AvgIpc) is 2.24. The molecular weight excluding hydrogens is 272 g/mol. The van der Waals surface area contributed by atoms with E-state index in [0.717, 1.165) is 29.4 Å². The molecule has 1 rings (SSSR count). The van der Waals surface area contributed by atoms with Crippen LogP contribution in [0.3, 0.4) is 0 Å². The van der Waals surface area contributed by atoms with E-state index in [-0.39, 0.29) is 10.6 Å². The molecule has 0 unspecified atom stereocenters.